The minimum absolute atomic E-state index is 0.0249. The van der Waals surface area contributed by atoms with Gasteiger partial charge >= 0.3 is 5.97 Å². The summed E-state index contributed by atoms with van der Waals surface area (Å²) >= 11 is 6.36. The quantitative estimate of drug-likeness (QED) is 0.325. The van der Waals surface area contributed by atoms with Gasteiger partial charge in [-0.05, 0) is 98.7 Å². The second-order valence-electron chi connectivity index (χ2n) is 12.6. The Balaban J connectivity index is 1.40. The van der Waals surface area contributed by atoms with Crippen LogP contribution in [0.2, 0.25) is 5.02 Å². The Kier molecular flexibility index (Phi) is 9.17. The zero-order chi connectivity index (χ0) is 31.0. The Hall–Kier alpha value is -2.63. The number of hydrogen-bond acceptors (Lipinski definition) is 7. The highest BCUT2D eigenvalue weighted by Crippen LogP contribution is 2.46. The van der Waals surface area contributed by atoms with Crippen molar-refractivity contribution in [2.75, 3.05) is 38.3 Å². The van der Waals surface area contributed by atoms with Crippen LogP contribution in [-0.4, -0.2) is 68.9 Å². The molecule has 0 saturated heterocycles. The lowest BCUT2D eigenvalue weighted by Gasteiger charge is -2.45. The van der Waals surface area contributed by atoms with E-state index in [0.29, 0.717) is 30.5 Å². The number of nitrogens with zero attached hydrogens (tertiary/aromatic N) is 1. The summed E-state index contributed by atoms with van der Waals surface area (Å²) in [4.78, 5) is 14.2. The monoisotopic (exact) mass is 632 g/mol. The lowest BCUT2D eigenvalue weighted by atomic mass is 9.68. The maximum absolute atomic E-state index is 12.2. The Labute approximate surface area is 258 Å². The first-order valence-electron chi connectivity index (χ1n) is 14.8. The Morgan fingerprint density at radius 3 is 2.77 bits per heavy atom. The maximum Gasteiger partial charge on any atom is 0.335 e. The Morgan fingerprint density at radius 2 is 2.09 bits per heavy atom. The summed E-state index contributed by atoms with van der Waals surface area (Å²) in [5.41, 5.74) is 3.10. The van der Waals surface area contributed by atoms with E-state index in [4.69, 9.17) is 26.2 Å². The van der Waals surface area contributed by atoms with Crippen molar-refractivity contribution < 1.29 is 32.9 Å². The van der Waals surface area contributed by atoms with E-state index in [1.165, 1.54) is 25.2 Å². The zero-order valence-electron chi connectivity index (χ0n) is 24.7. The van der Waals surface area contributed by atoms with Crippen molar-refractivity contribution in [3.8, 4) is 5.75 Å². The third-order valence-electron chi connectivity index (χ3n) is 9.67. The van der Waals surface area contributed by atoms with E-state index in [2.05, 4.69) is 11.0 Å². The van der Waals surface area contributed by atoms with Crippen molar-refractivity contribution in [3.05, 3.63) is 70.3 Å². The third kappa shape index (κ3) is 6.44. The number of nitrogens with two attached hydrogens (primary N) is 1. The van der Waals surface area contributed by atoms with E-state index in [1.807, 2.05) is 12.1 Å². The molecule has 2 aromatic rings. The van der Waals surface area contributed by atoms with Crippen molar-refractivity contribution in [3.63, 3.8) is 0 Å². The van der Waals surface area contributed by atoms with Crippen LogP contribution in [0, 0.1) is 11.8 Å². The number of carboxylic acid groups (broad SMARTS) is 1. The molecule has 0 radical (unpaired) electrons. The number of halogens is 1. The first-order chi connectivity index (χ1) is 20.4. The van der Waals surface area contributed by atoms with Crippen LogP contribution in [-0.2, 0) is 26.6 Å². The number of primary sulfonamides is 1. The molecule has 1 fully saturated rings. The van der Waals surface area contributed by atoms with E-state index in [0.717, 1.165) is 37.8 Å². The molecule has 43 heavy (non-hydrogen) atoms. The summed E-state index contributed by atoms with van der Waals surface area (Å²) < 4.78 is 34.5. The molecule has 3 aliphatic rings. The molecule has 5 rings (SSSR count). The highest BCUT2D eigenvalue weighted by molar-refractivity contribution is 7.90. The van der Waals surface area contributed by atoms with Gasteiger partial charge in [-0.15, -0.1) is 0 Å². The number of carboxylic acids is 1. The number of benzene rings is 2. The van der Waals surface area contributed by atoms with Crippen molar-refractivity contribution in [1.29, 1.82) is 0 Å². The summed E-state index contributed by atoms with van der Waals surface area (Å²) in [6.45, 7) is 3.23. The number of aromatic carboxylic acids is 1. The van der Waals surface area contributed by atoms with Gasteiger partial charge in [0.1, 0.15) is 10.5 Å². The summed E-state index contributed by atoms with van der Waals surface area (Å²) in [5.74, 6) is -0.225. The average molecular weight is 633 g/mol. The highest BCUT2D eigenvalue weighted by atomic mass is 35.5. The lowest BCUT2D eigenvalue weighted by Crippen LogP contribution is -2.49. The molecule has 2 aliphatic carbocycles. The van der Waals surface area contributed by atoms with Gasteiger partial charge in [-0.2, -0.15) is 0 Å². The predicted octanol–water partition coefficient (Wildman–Crippen LogP) is 4.54. The minimum Gasteiger partial charge on any atom is -0.490 e. The van der Waals surface area contributed by atoms with Crippen LogP contribution in [0.4, 0.5) is 5.69 Å². The number of fused-ring (bicyclic) bond motifs is 3. The van der Waals surface area contributed by atoms with Gasteiger partial charge in [-0.3, -0.25) is 0 Å². The summed E-state index contributed by atoms with van der Waals surface area (Å²) in [7, 11) is -2.44. The fourth-order valence-electron chi connectivity index (χ4n) is 6.96. The molecule has 0 unspecified atom stereocenters. The van der Waals surface area contributed by atoms with Crippen molar-refractivity contribution in [1.82, 2.24) is 0 Å². The van der Waals surface area contributed by atoms with Crippen LogP contribution < -0.4 is 14.8 Å². The first kappa shape index (κ1) is 31.8. The fraction of sp³-hybridized carbons (Fsp3) is 0.531. The molecule has 5 atom stereocenters. The second kappa shape index (κ2) is 12.4. The van der Waals surface area contributed by atoms with E-state index >= 15 is 0 Å². The number of rotatable bonds is 10. The highest BCUT2D eigenvalue weighted by Gasteiger charge is 2.44. The predicted molar refractivity (Wildman–Crippen MR) is 167 cm³/mol. The minimum atomic E-state index is -3.87. The average Bonchev–Trinajstić information content (AvgIpc) is 3.07. The summed E-state index contributed by atoms with van der Waals surface area (Å²) in [6.07, 6.45) is 7.33. The lowest BCUT2D eigenvalue weighted by molar-refractivity contribution is 0.0455. The number of ether oxygens (including phenoxy) is 2. The van der Waals surface area contributed by atoms with Crippen molar-refractivity contribution in [2.24, 2.45) is 17.0 Å². The van der Waals surface area contributed by atoms with Crippen molar-refractivity contribution >= 4 is 33.3 Å². The molecule has 9 nitrogen and oxygen atoms in total. The number of aliphatic hydroxyl groups is 1. The number of anilines is 1. The van der Waals surface area contributed by atoms with Crippen molar-refractivity contribution in [2.45, 2.75) is 61.7 Å². The van der Waals surface area contributed by atoms with E-state index in [9.17, 15) is 23.4 Å². The van der Waals surface area contributed by atoms with Gasteiger partial charge in [0, 0.05) is 30.6 Å². The first-order valence-corrected chi connectivity index (χ1v) is 16.7. The van der Waals surface area contributed by atoms with E-state index in [1.54, 1.807) is 30.4 Å². The van der Waals surface area contributed by atoms with E-state index in [-0.39, 0.29) is 35.8 Å². The van der Waals surface area contributed by atoms with Gasteiger partial charge in [0.2, 0.25) is 10.0 Å². The summed E-state index contributed by atoms with van der Waals surface area (Å²) in [6, 6.07) is 11.1. The van der Waals surface area contributed by atoms with Crippen LogP contribution in [0.1, 0.15) is 60.5 Å². The molecule has 1 spiro atoms. The normalized spacial score (nSPS) is 25.7. The molecule has 0 bridgehead atoms. The maximum atomic E-state index is 12.2. The van der Waals surface area contributed by atoms with Crippen LogP contribution in [0.5, 0.6) is 5.75 Å². The smallest absolute Gasteiger partial charge is 0.335 e. The SMILES string of the molecule is COC[C@](C)(C/C=C/[C@H](O)[C@@H]1CC[C@H]1CN1C[C@@]2(CCCc3cc(Cl)ccc32)COc2ccc(C(=O)O)cc21)S(N)(=O)=O. The Bertz CT molecular complexity index is 1500. The van der Waals surface area contributed by atoms with Gasteiger partial charge < -0.3 is 24.6 Å². The van der Waals surface area contributed by atoms with Crippen LogP contribution >= 0.6 is 11.6 Å². The number of aryl methyl sites for hydroxylation is 1. The van der Waals surface area contributed by atoms with Crippen LogP contribution in [0.15, 0.2) is 48.6 Å². The van der Waals surface area contributed by atoms with Crippen LogP contribution in [0.25, 0.3) is 0 Å². The number of sulfonamides is 1. The molecule has 1 aliphatic heterocycles. The molecular weight excluding hydrogens is 592 g/mol. The second-order valence-corrected chi connectivity index (χ2v) is 15.2. The molecule has 11 heteroatoms. The van der Waals surface area contributed by atoms with Gasteiger partial charge in [-0.1, -0.05) is 29.8 Å². The molecule has 2 aromatic carbocycles. The largest absolute Gasteiger partial charge is 0.490 e. The number of hydrogen-bond donors (Lipinski definition) is 3. The molecule has 4 N–H and O–H groups in total. The van der Waals surface area contributed by atoms with Gasteiger partial charge in [-0.25, -0.2) is 18.4 Å². The number of allylic oxidation sites excluding steroid dienone is 1. The zero-order valence-corrected chi connectivity index (χ0v) is 26.2. The number of carbonyl (C=O) groups is 1. The number of aliphatic hydroxyl groups excluding tert-OH is 1. The fourth-order valence-corrected chi connectivity index (χ4v) is 7.77. The third-order valence-corrected chi connectivity index (χ3v) is 11.6. The standard InChI is InChI=1S/C32H41ClN2O7S/c1-31(19-41-2,43(34,39)40)13-4-6-28(36)25-10-7-23(25)17-35-18-32(14-3-5-21-15-24(33)9-11-26(21)32)20-42-29-12-8-22(30(37)38)16-27(29)35/h4,6,8-9,11-12,15-16,23,25,28,36H,3,5,7,10,13-14,17-20H2,1-2H3,(H,37,38)(H2,34,39,40)/b6-4+/t23-,25+,28-,31-,32-/m0/s1. The molecule has 1 saturated carbocycles. The molecular formula is C32H41ClN2O7S. The van der Waals surface area contributed by atoms with Crippen LogP contribution in [0.3, 0.4) is 0 Å². The Morgan fingerprint density at radius 1 is 1.30 bits per heavy atom. The molecule has 234 valence electrons. The molecule has 0 aromatic heterocycles. The van der Waals surface area contributed by atoms with Gasteiger partial charge in [0.05, 0.1) is 30.6 Å². The summed E-state index contributed by atoms with van der Waals surface area (Å²) in [5, 5.41) is 27.1. The number of methoxy groups -OCH3 is 1. The topological polar surface area (TPSA) is 139 Å². The van der Waals surface area contributed by atoms with Gasteiger partial charge in [0.15, 0.2) is 0 Å². The van der Waals surface area contributed by atoms with E-state index < -0.39 is 26.8 Å². The van der Waals surface area contributed by atoms with Gasteiger partial charge in [0.25, 0.3) is 0 Å². The molecule has 1 heterocycles. The molecule has 0 amide bonds.